The minimum absolute atomic E-state index is 0.185. The lowest BCUT2D eigenvalue weighted by molar-refractivity contribution is -0.142. The number of carbonyl (C=O) groups is 1. The van der Waals surface area contributed by atoms with E-state index in [1.165, 1.54) is 11.1 Å². The second-order valence-corrected chi connectivity index (χ2v) is 6.44. The van der Waals surface area contributed by atoms with Crippen molar-refractivity contribution in [3.63, 3.8) is 0 Å². The van der Waals surface area contributed by atoms with Crippen molar-refractivity contribution in [3.05, 3.63) is 35.4 Å². The lowest BCUT2D eigenvalue weighted by atomic mass is 9.99. The zero-order valence-corrected chi connectivity index (χ0v) is 13.6. The van der Waals surface area contributed by atoms with Gasteiger partial charge in [-0.15, -0.1) is 0 Å². The van der Waals surface area contributed by atoms with E-state index in [9.17, 15) is 4.79 Å². The number of rotatable bonds is 4. The summed E-state index contributed by atoms with van der Waals surface area (Å²) in [5.74, 6) is 0.185. The molecular weight excluding hydrogens is 262 g/mol. The van der Waals surface area contributed by atoms with Crippen LogP contribution in [-0.4, -0.2) is 54.5 Å². The fraction of sp³-hybridized carbons (Fsp3) is 0.588. The van der Waals surface area contributed by atoms with Crippen LogP contribution in [0.1, 0.15) is 25.0 Å². The second kappa shape index (κ2) is 6.58. The summed E-state index contributed by atoms with van der Waals surface area (Å²) in [6.45, 7) is 10.6. The molecule has 1 aromatic rings. The van der Waals surface area contributed by atoms with Gasteiger partial charge in [0.1, 0.15) is 0 Å². The maximum absolute atomic E-state index is 12.8. The predicted molar refractivity (Wildman–Crippen MR) is 86.2 cm³/mol. The van der Waals surface area contributed by atoms with Gasteiger partial charge >= 0.3 is 0 Å². The zero-order valence-electron chi connectivity index (χ0n) is 13.6. The van der Waals surface area contributed by atoms with E-state index in [2.05, 4.69) is 41.4 Å². The molecule has 1 aromatic carbocycles. The van der Waals surface area contributed by atoms with E-state index >= 15 is 0 Å². The Kier molecular flexibility index (Phi) is 5.01. The van der Waals surface area contributed by atoms with Gasteiger partial charge in [-0.1, -0.05) is 29.8 Å². The molecule has 0 atom stereocenters. The normalized spacial score (nSPS) is 16.8. The molecule has 0 aromatic heterocycles. The van der Waals surface area contributed by atoms with Gasteiger partial charge in [0.05, 0.1) is 5.54 Å². The third-order valence-corrected chi connectivity index (χ3v) is 4.32. The van der Waals surface area contributed by atoms with Crippen molar-refractivity contribution in [3.8, 4) is 0 Å². The average molecular weight is 289 g/mol. The fourth-order valence-corrected chi connectivity index (χ4v) is 2.87. The molecule has 0 unspecified atom stereocenters. The Labute approximate surface area is 128 Å². The number of nitrogens with one attached hydrogen (secondary N) is 1. The van der Waals surface area contributed by atoms with Crippen molar-refractivity contribution in [1.82, 2.24) is 15.1 Å². The van der Waals surface area contributed by atoms with E-state index in [-0.39, 0.29) is 5.91 Å². The summed E-state index contributed by atoms with van der Waals surface area (Å²) in [4.78, 5) is 16.9. The molecule has 4 heteroatoms. The third-order valence-electron chi connectivity index (χ3n) is 4.32. The minimum Gasteiger partial charge on any atom is -0.340 e. The van der Waals surface area contributed by atoms with Gasteiger partial charge < -0.3 is 10.2 Å². The molecule has 21 heavy (non-hydrogen) atoms. The molecule has 1 N–H and O–H groups in total. The summed E-state index contributed by atoms with van der Waals surface area (Å²) in [7, 11) is 1.89. The number of amides is 1. The summed E-state index contributed by atoms with van der Waals surface area (Å²) in [5.41, 5.74) is 1.98. The van der Waals surface area contributed by atoms with Crippen molar-refractivity contribution in [2.45, 2.75) is 32.9 Å². The Bertz CT molecular complexity index is 475. The zero-order chi connectivity index (χ0) is 15.5. The van der Waals surface area contributed by atoms with Crippen molar-refractivity contribution >= 4 is 5.91 Å². The summed E-state index contributed by atoms with van der Waals surface area (Å²) >= 11 is 0. The first-order valence-electron chi connectivity index (χ1n) is 7.68. The molecule has 2 rings (SSSR count). The van der Waals surface area contributed by atoms with E-state index in [1.807, 2.05) is 25.8 Å². The monoisotopic (exact) mass is 289 g/mol. The minimum atomic E-state index is -0.443. The highest BCUT2D eigenvalue weighted by atomic mass is 16.2. The standard InChI is InChI=1S/C17H27N3O/c1-14-5-7-15(8-6-14)13-19(4)16(21)17(2,3)20-11-9-18-10-12-20/h5-8,18H,9-13H2,1-4H3. The van der Waals surface area contributed by atoms with Gasteiger partial charge in [-0.25, -0.2) is 0 Å². The first kappa shape index (κ1) is 16.0. The van der Waals surface area contributed by atoms with Crippen LogP contribution in [0.2, 0.25) is 0 Å². The van der Waals surface area contributed by atoms with Crippen LogP contribution in [0.3, 0.4) is 0 Å². The highest BCUT2D eigenvalue weighted by Gasteiger charge is 2.36. The third kappa shape index (κ3) is 3.83. The summed E-state index contributed by atoms with van der Waals surface area (Å²) < 4.78 is 0. The molecule has 1 fully saturated rings. The molecule has 1 heterocycles. The second-order valence-electron chi connectivity index (χ2n) is 6.44. The highest BCUT2D eigenvalue weighted by molar-refractivity contribution is 5.85. The number of hydrogen-bond donors (Lipinski definition) is 1. The van der Waals surface area contributed by atoms with Crippen LogP contribution in [0, 0.1) is 6.92 Å². The van der Waals surface area contributed by atoms with Gasteiger partial charge in [0.15, 0.2) is 0 Å². The van der Waals surface area contributed by atoms with Crippen LogP contribution < -0.4 is 5.32 Å². The number of hydrogen-bond acceptors (Lipinski definition) is 3. The number of aryl methyl sites for hydroxylation is 1. The first-order chi connectivity index (χ1) is 9.91. The van der Waals surface area contributed by atoms with E-state index in [0.717, 1.165) is 26.2 Å². The number of benzene rings is 1. The van der Waals surface area contributed by atoms with E-state index < -0.39 is 5.54 Å². The summed E-state index contributed by atoms with van der Waals surface area (Å²) in [6.07, 6.45) is 0. The van der Waals surface area contributed by atoms with E-state index in [4.69, 9.17) is 0 Å². The lowest BCUT2D eigenvalue weighted by Gasteiger charge is -2.41. The summed E-state index contributed by atoms with van der Waals surface area (Å²) in [6, 6.07) is 8.37. The number of carbonyl (C=O) groups excluding carboxylic acids is 1. The van der Waals surface area contributed by atoms with Crippen molar-refractivity contribution < 1.29 is 4.79 Å². The van der Waals surface area contributed by atoms with Gasteiger partial charge in [-0.05, 0) is 26.3 Å². The Hall–Kier alpha value is -1.39. The summed E-state index contributed by atoms with van der Waals surface area (Å²) in [5, 5.41) is 3.33. The molecular formula is C17H27N3O. The van der Waals surface area contributed by atoms with Gasteiger partial charge in [-0.3, -0.25) is 9.69 Å². The molecule has 1 amide bonds. The smallest absolute Gasteiger partial charge is 0.242 e. The van der Waals surface area contributed by atoms with Gasteiger partial charge in [0.2, 0.25) is 5.91 Å². The Morgan fingerprint density at radius 1 is 1.24 bits per heavy atom. The van der Waals surface area contributed by atoms with E-state index in [1.54, 1.807) is 0 Å². The quantitative estimate of drug-likeness (QED) is 0.915. The van der Waals surface area contributed by atoms with Crippen molar-refractivity contribution in [2.75, 3.05) is 33.2 Å². The SMILES string of the molecule is Cc1ccc(CN(C)C(=O)C(C)(C)N2CCNCC2)cc1. The topological polar surface area (TPSA) is 35.6 Å². The van der Waals surface area contributed by atoms with Crippen LogP contribution in [-0.2, 0) is 11.3 Å². The molecule has 0 saturated carbocycles. The van der Waals surface area contributed by atoms with Gasteiger partial charge in [0.25, 0.3) is 0 Å². The maximum atomic E-state index is 12.8. The van der Waals surface area contributed by atoms with Crippen LogP contribution >= 0.6 is 0 Å². The van der Waals surface area contributed by atoms with Crippen LogP contribution in [0.25, 0.3) is 0 Å². The maximum Gasteiger partial charge on any atom is 0.242 e. The van der Waals surface area contributed by atoms with Crippen LogP contribution in [0.15, 0.2) is 24.3 Å². The molecule has 0 spiro atoms. The molecule has 4 nitrogen and oxygen atoms in total. The lowest BCUT2D eigenvalue weighted by Crippen LogP contribution is -2.60. The first-order valence-corrected chi connectivity index (χ1v) is 7.68. The molecule has 0 aliphatic carbocycles. The number of piperazine rings is 1. The highest BCUT2D eigenvalue weighted by Crippen LogP contribution is 2.19. The van der Waals surface area contributed by atoms with Crippen LogP contribution in [0.4, 0.5) is 0 Å². The number of nitrogens with zero attached hydrogens (tertiary/aromatic N) is 2. The number of likely N-dealkylation sites (N-methyl/N-ethyl adjacent to an activating group) is 1. The Balaban J connectivity index is 2.01. The molecule has 116 valence electrons. The van der Waals surface area contributed by atoms with Gasteiger partial charge in [-0.2, -0.15) is 0 Å². The fourth-order valence-electron chi connectivity index (χ4n) is 2.87. The van der Waals surface area contributed by atoms with Crippen LogP contribution in [0.5, 0.6) is 0 Å². The van der Waals surface area contributed by atoms with E-state index in [0.29, 0.717) is 6.54 Å². The predicted octanol–water partition coefficient (Wildman–Crippen LogP) is 1.64. The molecule has 1 aliphatic rings. The average Bonchev–Trinajstić information content (AvgIpc) is 2.49. The molecule has 0 bridgehead atoms. The van der Waals surface area contributed by atoms with Gasteiger partial charge in [0, 0.05) is 39.8 Å². The van der Waals surface area contributed by atoms with Crippen molar-refractivity contribution in [1.29, 1.82) is 0 Å². The molecule has 1 saturated heterocycles. The Morgan fingerprint density at radius 3 is 2.38 bits per heavy atom. The molecule has 0 radical (unpaired) electrons. The molecule has 1 aliphatic heterocycles. The largest absolute Gasteiger partial charge is 0.340 e. The Morgan fingerprint density at radius 2 is 1.81 bits per heavy atom. The van der Waals surface area contributed by atoms with Crippen molar-refractivity contribution in [2.24, 2.45) is 0 Å².